The van der Waals surface area contributed by atoms with E-state index in [9.17, 15) is 0 Å². The summed E-state index contributed by atoms with van der Waals surface area (Å²) in [6, 6.07) is 1.85. The van der Waals surface area contributed by atoms with Gasteiger partial charge in [-0.3, -0.25) is 0 Å². The maximum atomic E-state index is 6.16. The lowest BCUT2D eigenvalue weighted by molar-refractivity contribution is -0.152. The molecule has 116 valence electrons. The van der Waals surface area contributed by atoms with Crippen molar-refractivity contribution < 1.29 is 9.47 Å². The lowest BCUT2D eigenvalue weighted by Crippen LogP contribution is -2.53. The minimum Gasteiger partial charge on any atom is -0.381 e. The van der Waals surface area contributed by atoms with Crippen LogP contribution in [-0.2, 0) is 9.47 Å². The van der Waals surface area contributed by atoms with Crippen LogP contribution >= 0.6 is 0 Å². The third-order valence-corrected chi connectivity index (χ3v) is 5.76. The van der Waals surface area contributed by atoms with Gasteiger partial charge in [-0.1, -0.05) is 0 Å². The van der Waals surface area contributed by atoms with Gasteiger partial charge in [0.15, 0.2) is 0 Å². The molecule has 0 radical (unpaired) electrons. The van der Waals surface area contributed by atoms with Crippen LogP contribution in [0.1, 0.15) is 51.4 Å². The van der Waals surface area contributed by atoms with Crippen LogP contribution in [0.5, 0.6) is 0 Å². The molecule has 0 aromatic carbocycles. The second-order valence-corrected chi connectivity index (χ2v) is 7.02. The summed E-state index contributed by atoms with van der Waals surface area (Å²) in [7, 11) is 2.32. The molecule has 2 N–H and O–H groups in total. The van der Waals surface area contributed by atoms with Gasteiger partial charge in [0.2, 0.25) is 0 Å². The Morgan fingerprint density at radius 2 is 1.65 bits per heavy atom. The second-order valence-electron chi connectivity index (χ2n) is 7.02. The molecule has 3 rings (SSSR count). The fraction of sp³-hybridized carbons (Fsp3) is 1.00. The van der Waals surface area contributed by atoms with Crippen molar-refractivity contribution in [1.82, 2.24) is 4.90 Å². The van der Waals surface area contributed by atoms with E-state index in [-0.39, 0.29) is 5.60 Å². The quantitative estimate of drug-likeness (QED) is 0.840. The third kappa shape index (κ3) is 3.19. The minimum atomic E-state index is 0.112. The number of nitrogens with two attached hydrogens (primary N) is 1. The van der Waals surface area contributed by atoms with Crippen LogP contribution in [0, 0.1) is 0 Å². The van der Waals surface area contributed by atoms with Crippen molar-refractivity contribution in [3.05, 3.63) is 0 Å². The van der Waals surface area contributed by atoms with Gasteiger partial charge in [0.1, 0.15) is 0 Å². The monoisotopic (exact) mass is 282 g/mol. The first-order valence-corrected chi connectivity index (χ1v) is 8.38. The summed E-state index contributed by atoms with van der Waals surface area (Å²) >= 11 is 0. The maximum absolute atomic E-state index is 6.16. The summed E-state index contributed by atoms with van der Waals surface area (Å²) in [5.41, 5.74) is 6.15. The average molecular weight is 282 g/mol. The zero-order valence-electron chi connectivity index (χ0n) is 12.9. The molecule has 4 heteroatoms. The zero-order chi connectivity index (χ0) is 14.0. The van der Waals surface area contributed by atoms with Gasteiger partial charge in [-0.15, -0.1) is 0 Å². The van der Waals surface area contributed by atoms with Gasteiger partial charge in [-0.25, -0.2) is 0 Å². The predicted octanol–water partition coefficient (Wildman–Crippen LogP) is 1.92. The topological polar surface area (TPSA) is 47.7 Å². The van der Waals surface area contributed by atoms with E-state index in [1.165, 1.54) is 38.5 Å². The van der Waals surface area contributed by atoms with Crippen molar-refractivity contribution in [3.8, 4) is 0 Å². The van der Waals surface area contributed by atoms with E-state index in [0.717, 1.165) is 38.7 Å². The fourth-order valence-corrected chi connectivity index (χ4v) is 4.25. The molecule has 1 spiro atoms. The number of hydrogen-bond donors (Lipinski definition) is 1. The molecule has 3 aliphatic rings. The van der Waals surface area contributed by atoms with Gasteiger partial charge in [0, 0.05) is 37.9 Å². The molecule has 20 heavy (non-hydrogen) atoms. The first-order chi connectivity index (χ1) is 9.69. The van der Waals surface area contributed by atoms with Gasteiger partial charge in [-0.2, -0.15) is 0 Å². The zero-order valence-corrected chi connectivity index (χ0v) is 12.9. The molecule has 1 atom stereocenters. The summed E-state index contributed by atoms with van der Waals surface area (Å²) in [6.45, 7) is 2.66. The van der Waals surface area contributed by atoms with Crippen LogP contribution in [-0.4, -0.2) is 55.5 Å². The Morgan fingerprint density at radius 3 is 2.35 bits per heavy atom. The normalized spacial score (nSPS) is 38.2. The van der Waals surface area contributed by atoms with Crippen molar-refractivity contribution in [2.24, 2.45) is 5.73 Å². The molecule has 2 saturated heterocycles. The van der Waals surface area contributed by atoms with Crippen LogP contribution in [0.3, 0.4) is 0 Å². The standard InChI is InChI=1S/C16H30N2O2/c1-18(14-4-2-13(17)3-5-14)15-6-9-20-16(12-15)7-10-19-11-8-16/h13-15H,2-12,17H2,1H3. The number of ether oxygens (including phenoxy) is 2. The van der Waals surface area contributed by atoms with E-state index in [4.69, 9.17) is 15.2 Å². The number of hydrogen-bond acceptors (Lipinski definition) is 4. The van der Waals surface area contributed by atoms with Gasteiger partial charge < -0.3 is 20.1 Å². The summed E-state index contributed by atoms with van der Waals surface area (Å²) in [5, 5.41) is 0. The van der Waals surface area contributed by atoms with E-state index in [0.29, 0.717) is 12.1 Å². The Balaban J connectivity index is 1.58. The molecule has 0 aromatic heterocycles. The smallest absolute Gasteiger partial charge is 0.0741 e. The van der Waals surface area contributed by atoms with E-state index in [1.807, 2.05) is 0 Å². The van der Waals surface area contributed by atoms with E-state index in [2.05, 4.69) is 11.9 Å². The summed E-state index contributed by atoms with van der Waals surface area (Å²) in [5.74, 6) is 0. The molecular formula is C16H30N2O2. The molecule has 1 saturated carbocycles. The molecule has 4 nitrogen and oxygen atoms in total. The summed E-state index contributed by atoms with van der Waals surface area (Å²) in [6.07, 6.45) is 9.45. The van der Waals surface area contributed by atoms with Crippen LogP contribution < -0.4 is 5.73 Å². The Hall–Kier alpha value is -0.160. The Morgan fingerprint density at radius 1 is 0.950 bits per heavy atom. The lowest BCUT2D eigenvalue weighted by atomic mass is 9.82. The van der Waals surface area contributed by atoms with Crippen LogP contribution in [0.15, 0.2) is 0 Å². The van der Waals surface area contributed by atoms with E-state index in [1.54, 1.807) is 0 Å². The van der Waals surface area contributed by atoms with Crippen molar-refractivity contribution in [1.29, 1.82) is 0 Å². The number of nitrogens with zero attached hydrogens (tertiary/aromatic N) is 1. The second kappa shape index (κ2) is 6.30. The van der Waals surface area contributed by atoms with Crippen molar-refractivity contribution >= 4 is 0 Å². The first kappa shape index (κ1) is 14.8. The van der Waals surface area contributed by atoms with Gasteiger partial charge in [-0.05, 0) is 58.4 Å². The van der Waals surface area contributed by atoms with E-state index >= 15 is 0 Å². The van der Waals surface area contributed by atoms with Crippen molar-refractivity contribution in [2.75, 3.05) is 26.9 Å². The minimum absolute atomic E-state index is 0.112. The third-order valence-electron chi connectivity index (χ3n) is 5.76. The molecular weight excluding hydrogens is 252 g/mol. The van der Waals surface area contributed by atoms with Crippen LogP contribution in [0.2, 0.25) is 0 Å². The average Bonchev–Trinajstić information content (AvgIpc) is 2.48. The first-order valence-electron chi connectivity index (χ1n) is 8.38. The van der Waals surface area contributed by atoms with Gasteiger partial charge in [0.25, 0.3) is 0 Å². The fourth-order valence-electron chi connectivity index (χ4n) is 4.25. The molecule has 2 aliphatic heterocycles. The van der Waals surface area contributed by atoms with E-state index < -0.39 is 0 Å². The highest BCUT2D eigenvalue weighted by atomic mass is 16.5. The van der Waals surface area contributed by atoms with Crippen molar-refractivity contribution in [3.63, 3.8) is 0 Å². The summed E-state index contributed by atoms with van der Waals surface area (Å²) in [4.78, 5) is 2.64. The molecule has 0 aromatic rings. The van der Waals surface area contributed by atoms with Crippen LogP contribution in [0.25, 0.3) is 0 Å². The molecule has 1 unspecified atom stereocenters. The summed E-state index contributed by atoms with van der Waals surface area (Å²) < 4.78 is 11.7. The molecule has 1 aliphatic carbocycles. The predicted molar refractivity (Wildman–Crippen MR) is 79.8 cm³/mol. The van der Waals surface area contributed by atoms with Gasteiger partial charge in [0.05, 0.1) is 5.60 Å². The molecule has 3 fully saturated rings. The molecule has 0 bridgehead atoms. The molecule has 2 heterocycles. The highest BCUT2D eigenvalue weighted by Crippen LogP contribution is 2.37. The number of rotatable bonds is 2. The maximum Gasteiger partial charge on any atom is 0.0741 e. The van der Waals surface area contributed by atoms with Crippen molar-refractivity contribution in [2.45, 2.75) is 75.1 Å². The van der Waals surface area contributed by atoms with Crippen LogP contribution in [0.4, 0.5) is 0 Å². The highest BCUT2D eigenvalue weighted by Gasteiger charge is 2.41. The Bertz CT molecular complexity index is 304. The SMILES string of the molecule is CN(C1CCC(N)CC1)C1CCOC2(CCOCC2)C1. The highest BCUT2D eigenvalue weighted by molar-refractivity contribution is 4.94. The largest absolute Gasteiger partial charge is 0.381 e. The van der Waals surface area contributed by atoms with Gasteiger partial charge >= 0.3 is 0 Å². The Kier molecular flexibility index (Phi) is 4.65. The molecule has 0 amide bonds. The lowest BCUT2D eigenvalue weighted by Gasteiger charge is -2.48. The Labute approximate surface area is 123 Å².